The third-order valence-corrected chi connectivity index (χ3v) is 2.38. The lowest BCUT2D eigenvalue weighted by Crippen LogP contribution is -2.24. The van der Waals surface area contributed by atoms with E-state index in [2.05, 4.69) is 4.98 Å². The number of aliphatic carboxylic acids is 1. The lowest BCUT2D eigenvalue weighted by Gasteiger charge is -2.19. The van der Waals surface area contributed by atoms with Gasteiger partial charge in [0.1, 0.15) is 5.60 Å². The average molecular weight is 253 g/mol. The lowest BCUT2D eigenvalue weighted by atomic mass is 10.0. The summed E-state index contributed by atoms with van der Waals surface area (Å²) in [6.07, 6.45) is 1.89. The van der Waals surface area contributed by atoms with Gasteiger partial charge in [-0.05, 0) is 26.8 Å². The highest BCUT2D eigenvalue weighted by Gasteiger charge is 2.23. The molecule has 0 saturated heterocycles. The maximum absolute atomic E-state index is 11.9. The number of aromatic amines is 1. The van der Waals surface area contributed by atoms with E-state index in [4.69, 9.17) is 9.84 Å². The van der Waals surface area contributed by atoms with Gasteiger partial charge in [0.2, 0.25) is 0 Å². The Bertz CT molecular complexity index is 442. The van der Waals surface area contributed by atoms with Crippen LogP contribution in [-0.2, 0) is 16.0 Å². The molecule has 1 atom stereocenters. The number of carbonyl (C=O) groups excluding carboxylic acids is 1. The molecular weight excluding hydrogens is 234 g/mol. The van der Waals surface area contributed by atoms with Crippen LogP contribution in [0.25, 0.3) is 0 Å². The number of carbonyl (C=O) groups is 2. The van der Waals surface area contributed by atoms with Gasteiger partial charge in [0.15, 0.2) is 0 Å². The quantitative estimate of drug-likeness (QED) is 0.806. The Labute approximate surface area is 106 Å². The van der Waals surface area contributed by atoms with Crippen LogP contribution in [0.2, 0.25) is 0 Å². The molecule has 1 rings (SSSR count). The molecule has 0 saturated carbocycles. The minimum atomic E-state index is -0.889. The monoisotopic (exact) mass is 253 g/mol. The summed E-state index contributed by atoms with van der Waals surface area (Å²) in [6, 6.07) is 1.61. The minimum Gasteiger partial charge on any atom is -0.481 e. The Morgan fingerprint density at radius 2 is 2.06 bits per heavy atom. The molecule has 1 aromatic heterocycles. The highest BCUT2D eigenvalue weighted by molar-refractivity contribution is 5.91. The molecule has 5 heteroatoms. The van der Waals surface area contributed by atoms with Crippen LogP contribution >= 0.6 is 0 Å². The molecule has 0 amide bonds. The molecule has 1 heterocycles. The van der Waals surface area contributed by atoms with E-state index in [1.807, 2.05) is 0 Å². The molecule has 0 aliphatic rings. The van der Waals surface area contributed by atoms with Crippen LogP contribution in [0.3, 0.4) is 0 Å². The molecule has 1 unspecified atom stereocenters. The zero-order chi connectivity index (χ0) is 13.9. The van der Waals surface area contributed by atoms with E-state index in [9.17, 15) is 9.59 Å². The van der Waals surface area contributed by atoms with Crippen molar-refractivity contribution in [2.24, 2.45) is 5.92 Å². The summed E-state index contributed by atoms with van der Waals surface area (Å²) in [5.74, 6) is -1.87. The zero-order valence-corrected chi connectivity index (χ0v) is 11.1. The van der Waals surface area contributed by atoms with E-state index in [0.717, 1.165) is 0 Å². The fourth-order valence-electron chi connectivity index (χ4n) is 1.49. The summed E-state index contributed by atoms with van der Waals surface area (Å²) in [4.78, 5) is 25.6. The van der Waals surface area contributed by atoms with Crippen molar-refractivity contribution in [3.8, 4) is 0 Å². The van der Waals surface area contributed by atoms with Gasteiger partial charge in [-0.3, -0.25) is 4.79 Å². The summed E-state index contributed by atoms with van der Waals surface area (Å²) >= 11 is 0. The first-order valence-electron chi connectivity index (χ1n) is 5.83. The number of hydrogen-bond acceptors (Lipinski definition) is 3. The van der Waals surface area contributed by atoms with Crippen molar-refractivity contribution in [2.75, 3.05) is 0 Å². The Morgan fingerprint density at radius 1 is 1.44 bits per heavy atom. The second-order valence-corrected chi connectivity index (χ2v) is 5.32. The van der Waals surface area contributed by atoms with E-state index >= 15 is 0 Å². The standard InChI is InChI=1S/C13H19NO4/c1-8(11(15)16)7-10-9(5-6-14-10)12(17)18-13(2,3)4/h5-6,8,14H,7H2,1-4H3,(H,15,16). The molecule has 5 nitrogen and oxygen atoms in total. The number of nitrogens with one attached hydrogen (secondary N) is 1. The summed E-state index contributed by atoms with van der Waals surface area (Å²) in [6.45, 7) is 6.97. The normalized spacial score (nSPS) is 13.1. The van der Waals surface area contributed by atoms with Crippen LogP contribution in [-0.4, -0.2) is 27.6 Å². The number of rotatable bonds is 4. The van der Waals surface area contributed by atoms with Gasteiger partial charge in [0.25, 0.3) is 0 Å². The van der Waals surface area contributed by atoms with Crippen LogP contribution in [0.15, 0.2) is 12.3 Å². The van der Waals surface area contributed by atoms with Crippen LogP contribution in [0.4, 0.5) is 0 Å². The summed E-state index contributed by atoms with van der Waals surface area (Å²) < 4.78 is 5.26. The molecule has 0 radical (unpaired) electrons. The molecular formula is C13H19NO4. The van der Waals surface area contributed by atoms with Gasteiger partial charge in [0, 0.05) is 18.3 Å². The number of hydrogen-bond donors (Lipinski definition) is 2. The fourth-order valence-corrected chi connectivity index (χ4v) is 1.49. The van der Waals surface area contributed by atoms with Gasteiger partial charge in [0.05, 0.1) is 11.5 Å². The molecule has 18 heavy (non-hydrogen) atoms. The first-order valence-corrected chi connectivity index (χ1v) is 5.83. The summed E-state index contributed by atoms with van der Waals surface area (Å²) in [7, 11) is 0. The van der Waals surface area contributed by atoms with Gasteiger partial charge < -0.3 is 14.8 Å². The molecule has 0 aliphatic carbocycles. The smallest absolute Gasteiger partial charge is 0.340 e. The number of ether oxygens (including phenoxy) is 1. The third kappa shape index (κ3) is 3.91. The number of carboxylic acid groups (broad SMARTS) is 1. The second-order valence-electron chi connectivity index (χ2n) is 5.32. The maximum Gasteiger partial charge on any atom is 0.340 e. The predicted molar refractivity (Wildman–Crippen MR) is 66.5 cm³/mol. The Morgan fingerprint density at radius 3 is 2.56 bits per heavy atom. The molecule has 0 fully saturated rings. The first kappa shape index (κ1) is 14.3. The highest BCUT2D eigenvalue weighted by Crippen LogP contribution is 2.17. The van der Waals surface area contributed by atoms with Gasteiger partial charge in [-0.2, -0.15) is 0 Å². The van der Waals surface area contributed by atoms with Gasteiger partial charge in [-0.1, -0.05) is 6.92 Å². The SMILES string of the molecule is CC(Cc1[nH]ccc1C(=O)OC(C)(C)C)C(=O)O. The van der Waals surface area contributed by atoms with Crippen molar-refractivity contribution >= 4 is 11.9 Å². The van der Waals surface area contributed by atoms with E-state index in [-0.39, 0.29) is 6.42 Å². The summed E-state index contributed by atoms with van der Waals surface area (Å²) in [5, 5.41) is 8.87. The number of H-pyrrole nitrogens is 1. The molecule has 0 spiro atoms. The van der Waals surface area contributed by atoms with Gasteiger partial charge in [-0.15, -0.1) is 0 Å². The predicted octanol–water partition coefficient (Wildman–Crippen LogP) is 2.23. The second kappa shape index (κ2) is 5.25. The van der Waals surface area contributed by atoms with Crippen molar-refractivity contribution < 1.29 is 19.4 Å². The third-order valence-electron chi connectivity index (χ3n) is 2.38. The molecule has 100 valence electrons. The van der Waals surface area contributed by atoms with Gasteiger partial charge >= 0.3 is 11.9 Å². The minimum absolute atomic E-state index is 0.275. The first-order chi connectivity index (χ1) is 8.20. The van der Waals surface area contributed by atoms with Gasteiger partial charge in [-0.25, -0.2) is 4.79 Å². The van der Waals surface area contributed by atoms with E-state index in [0.29, 0.717) is 11.3 Å². The lowest BCUT2D eigenvalue weighted by molar-refractivity contribution is -0.141. The average Bonchev–Trinajstić information content (AvgIpc) is 2.62. The molecule has 0 bridgehead atoms. The Balaban J connectivity index is 2.82. The topological polar surface area (TPSA) is 79.4 Å². The van der Waals surface area contributed by atoms with Crippen LogP contribution in [0.5, 0.6) is 0 Å². The molecule has 0 aliphatic heterocycles. The molecule has 2 N–H and O–H groups in total. The number of aromatic nitrogens is 1. The van der Waals surface area contributed by atoms with Crippen molar-refractivity contribution in [2.45, 2.75) is 39.7 Å². The number of carboxylic acids is 1. The highest BCUT2D eigenvalue weighted by atomic mass is 16.6. The Kier molecular flexibility index (Phi) is 4.16. The number of esters is 1. The Hall–Kier alpha value is -1.78. The van der Waals surface area contributed by atoms with Crippen molar-refractivity contribution in [1.82, 2.24) is 4.98 Å². The largest absolute Gasteiger partial charge is 0.481 e. The van der Waals surface area contributed by atoms with E-state index in [1.165, 1.54) is 0 Å². The van der Waals surface area contributed by atoms with Crippen LogP contribution in [0.1, 0.15) is 43.7 Å². The van der Waals surface area contributed by atoms with Crippen molar-refractivity contribution in [3.05, 3.63) is 23.5 Å². The fraction of sp³-hybridized carbons (Fsp3) is 0.538. The summed E-state index contributed by atoms with van der Waals surface area (Å²) in [5.41, 5.74) is 0.432. The molecule has 0 aromatic carbocycles. The van der Waals surface area contributed by atoms with Crippen molar-refractivity contribution in [1.29, 1.82) is 0 Å². The van der Waals surface area contributed by atoms with E-state index < -0.39 is 23.5 Å². The van der Waals surface area contributed by atoms with Crippen LogP contribution < -0.4 is 0 Å². The van der Waals surface area contributed by atoms with Crippen molar-refractivity contribution in [3.63, 3.8) is 0 Å². The van der Waals surface area contributed by atoms with Crippen LogP contribution in [0, 0.1) is 5.92 Å². The zero-order valence-electron chi connectivity index (χ0n) is 11.1. The van der Waals surface area contributed by atoms with E-state index in [1.54, 1.807) is 40.0 Å². The molecule has 1 aromatic rings. The maximum atomic E-state index is 11.9.